The third-order valence-corrected chi connectivity index (χ3v) is 5.46. The molecule has 0 aliphatic carbocycles. The third-order valence-electron chi connectivity index (χ3n) is 5.46. The third kappa shape index (κ3) is 4.54. The van der Waals surface area contributed by atoms with E-state index in [4.69, 9.17) is 4.74 Å². The normalized spacial score (nSPS) is 17.0. The van der Waals surface area contributed by atoms with Crippen LogP contribution in [0, 0.1) is 5.92 Å². The van der Waals surface area contributed by atoms with E-state index in [1.165, 1.54) is 9.47 Å². The van der Waals surface area contributed by atoms with E-state index in [9.17, 15) is 14.4 Å². The van der Waals surface area contributed by atoms with Crippen LogP contribution in [0.1, 0.15) is 25.8 Å². The number of ether oxygens (including phenoxy) is 1. The zero-order valence-electron chi connectivity index (χ0n) is 17.6. The van der Waals surface area contributed by atoms with Crippen LogP contribution in [-0.4, -0.2) is 41.2 Å². The molecule has 2 atom stereocenters. The summed E-state index contributed by atoms with van der Waals surface area (Å²) in [6, 6.07) is 9.56. The van der Waals surface area contributed by atoms with Gasteiger partial charge in [0.25, 0.3) is 5.56 Å². The van der Waals surface area contributed by atoms with Crippen LogP contribution in [0.2, 0.25) is 0 Å². The van der Waals surface area contributed by atoms with Crippen molar-refractivity contribution in [2.75, 3.05) is 24.4 Å². The molecule has 30 heavy (non-hydrogen) atoms. The molecule has 2 N–H and O–H groups in total. The molecular weight excluding hydrogens is 384 g/mol. The Morgan fingerprint density at radius 1 is 1.27 bits per heavy atom. The minimum Gasteiger partial charge on any atom is -0.383 e. The number of fused-ring (bicyclic) bond motifs is 1. The van der Waals surface area contributed by atoms with Crippen LogP contribution in [0.4, 0.5) is 16.2 Å². The van der Waals surface area contributed by atoms with E-state index >= 15 is 0 Å². The Labute approximate surface area is 175 Å². The minimum absolute atomic E-state index is 0.0563. The number of nitrogens with one attached hydrogen (secondary N) is 2. The molecule has 0 saturated heterocycles. The van der Waals surface area contributed by atoms with Gasteiger partial charge < -0.3 is 24.8 Å². The number of nitrogens with zero attached hydrogens (tertiary/aromatic N) is 2. The second-order valence-electron chi connectivity index (χ2n) is 7.45. The summed E-state index contributed by atoms with van der Waals surface area (Å²) < 4.78 is 6.51. The second kappa shape index (κ2) is 9.58. The topological polar surface area (TPSA) is 92.7 Å². The monoisotopic (exact) mass is 412 g/mol. The molecule has 8 heteroatoms. The Kier molecular flexibility index (Phi) is 6.89. The lowest BCUT2D eigenvalue weighted by Crippen LogP contribution is -2.50. The molecule has 1 aromatic heterocycles. The molecule has 0 saturated carbocycles. The Morgan fingerprint density at radius 2 is 2.03 bits per heavy atom. The van der Waals surface area contributed by atoms with Crippen LogP contribution in [0.25, 0.3) is 0 Å². The smallest absolute Gasteiger partial charge is 0.322 e. The Morgan fingerprint density at radius 3 is 2.77 bits per heavy atom. The SMILES string of the molecule is CCC(C)C1C(=O)Nc2ccccc2CN1C(=O)Nc1cccn(CCOC)c1=O. The minimum atomic E-state index is -0.651. The predicted octanol–water partition coefficient (Wildman–Crippen LogP) is 2.90. The first-order valence-electron chi connectivity index (χ1n) is 10.1. The van der Waals surface area contributed by atoms with Crippen LogP contribution < -0.4 is 16.2 Å². The molecular formula is C22H28N4O4. The van der Waals surface area contributed by atoms with Gasteiger partial charge in [0.05, 0.1) is 13.2 Å². The summed E-state index contributed by atoms with van der Waals surface area (Å²) in [5, 5.41) is 5.66. The quantitative estimate of drug-likeness (QED) is 0.763. The number of benzene rings is 1. The van der Waals surface area contributed by atoms with E-state index in [1.807, 2.05) is 38.1 Å². The number of anilines is 2. The summed E-state index contributed by atoms with van der Waals surface area (Å²) in [6.07, 6.45) is 2.38. The van der Waals surface area contributed by atoms with Crippen LogP contribution in [-0.2, 0) is 22.6 Å². The zero-order chi connectivity index (χ0) is 21.7. The van der Waals surface area contributed by atoms with Crippen LogP contribution in [0.3, 0.4) is 0 Å². The lowest BCUT2D eigenvalue weighted by molar-refractivity contribution is -0.121. The number of pyridine rings is 1. The van der Waals surface area contributed by atoms with Crippen molar-refractivity contribution in [2.24, 2.45) is 5.92 Å². The number of methoxy groups -OCH3 is 1. The second-order valence-corrected chi connectivity index (χ2v) is 7.45. The van der Waals surface area contributed by atoms with Crippen molar-refractivity contribution in [3.63, 3.8) is 0 Å². The summed E-state index contributed by atoms with van der Waals surface area (Å²) in [6.45, 7) is 4.96. The maximum atomic E-state index is 13.2. The summed E-state index contributed by atoms with van der Waals surface area (Å²) in [7, 11) is 1.56. The number of hydrogen-bond acceptors (Lipinski definition) is 4. The summed E-state index contributed by atoms with van der Waals surface area (Å²) in [5.74, 6) is -0.283. The van der Waals surface area contributed by atoms with Crippen molar-refractivity contribution < 1.29 is 14.3 Å². The Balaban J connectivity index is 1.92. The number of hydrogen-bond donors (Lipinski definition) is 2. The maximum Gasteiger partial charge on any atom is 0.322 e. The first-order valence-corrected chi connectivity index (χ1v) is 10.1. The van der Waals surface area contributed by atoms with Gasteiger partial charge in [0.1, 0.15) is 11.7 Å². The van der Waals surface area contributed by atoms with Gasteiger partial charge in [0.2, 0.25) is 5.91 Å². The van der Waals surface area contributed by atoms with Gasteiger partial charge in [-0.15, -0.1) is 0 Å². The van der Waals surface area contributed by atoms with Crippen molar-refractivity contribution in [3.8, 4) is 0 Å². The van der Waals surface area contributed by atoms with E-state index in [2.05, 4.69) is 10.6 Å². The summed E-state index contributed by atoms with van der Waals surface area (Å²) in [5.41, 5.74) is 1.40. The molecule has 2 aromatic rings. The summed E-state index contributed by atoms with van der Waals surface area (Å²) in [4.78, 5) is 40.4. The largest absolute Gasteiger partial charge is 0.383 e. The van der Waals surface area contributed by atoms with Gasteiger partial charge in [-0.05, 0) is 29.7 Å². The van der Waals surface area contributed by atoms with E-state index in [1.54, 1.807) is 25.4 Å². The maximum absolute atomic E-state index is 13.2. The number of carbonyl (C=O) groups excluding carboxylic acids is 2. The molecule has 1 aliphatic heterocycles. The highest BCUT2D eigenvalue weighted by atomic mass is 16.5. The van der Waals surface area contributed by atoms with Gasteiger partial charge in [-0.25, -0.2) is 4.79 Å². The fourth-order valence-electron chi connectivity index (χ4n) is 3.58. The Hall–Kier alpha value is -3.13. The van der Waals surface area contributed by atoms with Crippen molar-refractivity contribution >= 4 is 23.3 Å². The molecule has 1 aromatic carbocycles. The zero-order valence-corrected chi connectivity index (χ0v) is 17.6. The van der Waals surface area contributed by atoms with Gasteiger partial charge in [-0.2, -0.15) is 0 Å². The van der Waals surface area contributed by atoms with E-state index in [-0.39, 0.29) is 29.6 Å². The highest BCUT2D eigenvalue weighted by molar-refractivity contribution is 6.00. The fraction of sp³-hybridized carbons (Fsp3) is 0.409. The molecule has 3 amide bonds. The van der Waals surface area contributed by atoms with Crippen molar-refractivity contribution in [1.82, 2.24) is 9.47 Å². The number of para-hydroxylation sites is 1. The lowest BCUT2D eigenvalue weighted by Gasteiger charge is -2.32. The molecule has 0 bridgehead atoms. The number of amides is 3. The Bertz CT molecular complexity index is 972. The van der Waals surface area contributed by atoms with Crippen molar-refractivity contribution in [2.45, 2.75) is 39.4 Å². The average molecular weight is 412 g/mol. The first-order chi connectivity index (χ1) is 14.5. The van der Waals surface area contributed by atoms with Crippen molar-refractivity contribution in [1.29, 1.82) is 0 Å². The summed E-state index contributed by atoms with van der Waals surface area (Å²) >= 11 is 0. The predicted molar refractivity (Wildman–Crippen MR) is 115 cm³/mol. The number of carbonyl (C=O) groups is 2. The molecule has 1 aliphatic rings. The molecule has 0 radical (unpaired) electrons. The van der Waals surface area contributed by atoms with Gasteiger partial charge in [-0.3, -0.25) is 9.59 Å². The van der Waals surface area contributed by atoms with Crippen LogP contribution in [0.15, 0.2) is 47.4 Å². The molecule has 160 valence electrons. The molecule has 3 rings (SSSR count). The van der Waals surface area contributed by atoms with Gasteiger partial charge in [0.15, 0.2) is 0 Å². The number of urea groups is 1. The van der Waals surface area contributed by atoms with Gasteiger partial charge in [-0.1, -0.05) is 38.5 Å². The standard InChI is InChI=1S/C22H28N4O4/c1-4-15(2)19-20(27)23-17-9-6-5-8-16(17)14-26(19)22(29)24-18-10-7-11-25(21(18)28)12-13-30-3/h5-11,15,19H,4,12-14H2,1-3H3,(H,23,27)(H,24,29). The molecule has 8 nitrogen and oxygen atoms in total. The van der Waals surface area contributed by atoms with Crippen LogP contribution in [0.5, 0.6) is 0 Å². The van der Waals surface area contributed by atoms with Gasteiger partial charge in [0, 0.05) is 25.5 Å². The number of aromatic nitrogens is 1. The van der Waals surface area contributed by atoms with Crippen molar-refractivity contribution in [3.05, 3.63) is 58.5 Å². The first kappa shape index (κ1) is 21.6. The highest BCUT2D eigenvalue weighted by Gasteiger charge is 2.36. The molecule has 2 unspecified atom stereocenters. The number of rotatable bonds is 6. The fourth-order valence-corrected chi connectivity index (χ4v) is 3.58. The molecule has 0 spiro atoms. The van der Waals surface area contributed by atoms with E-state index in [0.717, 1.165) is 12.0 Å². The van der Waals surface area contributed by atoms with E-state index < -0.39 is 12.1 Å². The van der Waals surface area contributed by atoms with Crippen LogP contribution >= 0.6 is 0 Å². The highest BCUT2D eigenvalue weighted by Crippen LogP contribution is 2.27. The average Bonchev–Trinajstić information content (AvgIpc) is 2.89. The van der Waals surface area contributed by atoms with Gasteiger partial charge >= 0.3 is 6.03 Å². The van der Waals surface area contributed by atoms with E-state index in [0.29, 0.717) is 18.8 Å². The lowest BCUT2D eigenvalue weighted by atomic mass is 9.97. The molecule has 2 heterocycles. The molecule has 0 fully saturated rings.